The van der Waals surface area contributed by atoms with E-state index in [1.807, 2.05) is 19.1 Å². The minimum absolute atomic E-state index is 0.425. The zero-order valence-corrected chi connectivity index (χ0v) is 14.4. The topological polar surface area (TPSA) is 100 Å². The van der Waals surface area contributed by atoms with Gasteiger partial charge in [-0.05, 0) is 42.0 Å². The van der Waals surface area contributed by atoms with E-state index >= 15 is 0 Å². The number of aromatic nitrogens is 4. The van der Waals surface area contributed by atoms with E-state index in [1.165, 1.54) is 11.8 Å². The van der Waals surface area contributed by atoms with Crippen molar-refractivity contribution in [3.05, 3.63) is 35.0 Å². The van der Waals surface area contributed by atoms with Crippen molar-refractivity contribution >= 4 is 11.9 Å². The van der Waals surface area contributed by atoms with E-state index in [4.69, 9.17) is 14.2 Å². The number of hydrogen-bond donors (Lipinski definition) is 1. The molecule has 1 aliphatic rings. The Kier molecular flexibility index (Phi) is 4.55. The van der Waals surface area contributed by atoms with Crippen LogP contribution in [0, 0.1) is 0 Å². The van der Waals surface area contributed by atoms with Gasteiger partial charge in [0, 0.05) is 5.70 Å². The zero-order valence-electron chi connectivity index (χ0n) is 14.4. The number of benzene rings is 1. The highest BCUT2D eigenvalue weighted by Crippen LogP contribution is 2.38. The van der Waals surface area contributed by atoms with Gasteiger partial charge in [0.15, 0.2) is 11.5 Å². The van der Waals surface area contributed by atoms with Crippen molar-refractivity contribution in [2.45, 2.75) is 19.9 Å². The molecule has 1 N–H and O–H groups in total. The molecule has 1 aromatic carbocycles. The monoisotopic (exact) mass is 345 g/mol. The van der Waals surface area contributed by atoms with Crippen molar-refractivity contribution in [1.82, 2.24) is 20.2 Å². The van der Waals surface area contributed by atoms with E-state index in [0.29, 0.717) is 35.3 Å². The highest BCUT2D eigenvalue weighted by Gasteiger charge is 2.35. The molecule has 0 radical (unpaired) electrons. The van der Waals surface area contributed by atoms with Crippen molar-refractivity contribution in [1.29, 1.82) is 0 Å². The predicted molar refractivity (Wildman–Crippen MR) is 88.5 cm³/mol. The van der Waals surface area contributed by atoms with Crippen LogP contribution in [0.5, 0.6) is 11.5 Å². The molecule has 2 aromatic rings. The summed E-state index contributed by atoms with van der Waals surface area (Å²) in [5, 5.41) is 14.7. The van der Waals surface area contributed by atoms with Gasteiger partial charge in [-0.25, -0.2) is 4.79 Å². The molecule has 0 amide bonds. The number of hydrogen-bond acceptors (Lipinski definition) is 8. The Labute approximate surface area is 144 Å². The van der Waals surface area contributed by atoms with Crippen molar-refractivity contribution in [3.63, 3.8) is 0 Å². The summed E-state index contributed by atoms with van der Waals surface area (Å²) in [5.41, 5.74) is 1.83. The second kappa shape index (κ2) is 6.80. The fourth-order valence-corrected chi connectivity index (χ4v) is 2.82. The summed E-state index contributed by atoms with van der Waals surface area (Å²) in [6.07, 6.45) is 0. The lowest BCUT2D eigenvalue weighted by Gasteiger charge is -2.27. The van der Waals surface area contributed by atoms with E-state index in [2.05, 4.69) is 20.8 Å². The molecular weight excluding hydrogens is 326 g/mol. The van der Waals surface area contributed by atoms with Crippen LogP contribution in [0.2, 0.25) is 0 Å². The molecule has 132 valence electrons. The third-order valence-electron chi connectivity index (χ3n) is 3.92. The molecule has 25 heavy (non-hydrogen) atoms. The van der Waals surface area contributed by atoms with Crippen molar-refractivity contribution in [2.75, 3.05) is 26.1 Å². The number of allylic oxidation sites excluding steroid dienone is 1. The van der Waals surface area contributed by atoms with Gasteiger partial charge in [-0.3, -0.25) is 0 Å². The van der Waals surface area contributed by atoms with Gasteiger partial charge in [-0.2, -0.15) is 4.68 Å². The van der Waals surface area contributed by atoms with E-state index in [9.17, 15) is 4.79 Å². The van der Waals surface area contributed by atoms with E-state index in [0.717, 1.165) is 5.56 Å². The Morgan fingerprint density at radius 1 is 1.32 bits per heavy atom. The minimum Gasteiger partial charge on any atom is -0.493 e. The number of nitrogens with zero attached hydrogens (tertiary/aromatic N) is 4. The number of anilines is 1. The highest BCUT2D eigenvalue weighted by molar-refractivity contribution is 5.92. The van der Waals surface area contributed by atoms with Gasteiger partial charge < -0.3 is 19.5 Å². The van der Waals surface area contributed by atoms with Crippen LogP contribution in [0.15, 0.2) is 29.5 Å². The second-order valence-corrected chi connectivity index (χ2v) is 5.35. The molecule has 3 rings (SSSR count). The van der Waals surface area contributed by atoms with Gasteiger partial charge in [0.05, 0.1) is 26.4 Å². The number of nitrogens with one attached hydrogen (secondary N) is 1. The first kappa shape index (κ1) is 16.7. The van der Waals surface area contributed by atoms with Gasteiger partial charge in [0.1, 0.15) is 6.04 Å². The molecule has 9 nitrogen and oxygen atoms in total. The first-order valence-electron chi connectivity index (χ1n) is 7.75. The van der Waals surface area contributed by atoms with Gasteiger partial charge >= 0.3 is 5.97 Å². The molecular formula is C16H19N5O4. The summed E-state index contributed by atoms with van der Waals surface area (Å²) in [6.45, 7) is 4.20. The third-order valence-corrected chi connectivity index (χ3v) is 3.92. The number of rotatable bonds is 5. The summed E-state index contributed by atoms with van der Waals surface area (Å²) in [4.78, 5) is 12.4. The van der Waals surface area contributed by atoms with Crippen LogP contribution in [0.25, 0.3) is 0 Å². The number of carbonyl (C=O) groups excluding carboxylic acids is 1. The predicted octanol–water partition coefficient (Wildman–Crippen LogP) is 1.54. The molecule has 0 saturated carbocycles. The van der Waals surface area contributed by atoms with Crippen LogP contribution in [-0.2, 0) is 9.53 Å². The fraction of sp³-hybridized carbons (Fsp3) is 0.375. The molecule has 1 aliphatic heterocycles. The fourth-order valence-electron chi connectivity index (χ4n) is 2.82. The smallest absolute Gasteiger partial charge is 0.338 e. The lowest BCUT2D eigenvalue weighted by Crippen LogP contribution is -2.29. The molecule has 0 bridgehead atoms. The average Bonchev–Trinajstić information content (AvgIpc) is 3.08. The maximum absolute atomic E-state index is 12.4. The van der Waals surface area contributed by atoms with Gasteiger partial charge in [-0.1, -0.05) is 11.2 Å². The van der Waals surface area contributed by atoms with Crippen LogP contribution in [0.1, 0.15) is 25.5 Å². The summed E-state index contributed by atoms with van der Waals surface area (Å²) < 4.78 is 17.5. The normalized spacial score (nSPS) is 16.1. The number of carbonyl (C=O) groups is 1. The summed E-state index contributed by atoms with van der Waals surface area (Å²) in [7, 11) is 2.91. The van der Waals surface area contributed by atoms with Crippen LogP contribution in [0.4, 0.5) is 5.95 Å². The Morgan fingerprint density at radius 3 is 2.80 bits per heavy atom. The summed E-state index contributed by atoms with van der Waals surface area (Å²) in [6, 6.07) is 4.92. The van der Waals surface area contributed by atoms with Crippen LogP contribution in [-0.4, -0.2) is 47.0 Å². The molecule has 0 aliphatic carbocycles. The largest absolute Gasteiger partial charge is 0.493 e. The van der Waals surface area contributed by atoms with Crippen molar-refractivity contribution in [3.8, 4) is 11.5 Å². The molecule has 0 saturated heterocycles. The molecule has 0 fully saturated rings. The lowest BCUT2D eigenvalue weighted by molar-refractivity contribution is -0.136. The standard InChI is InChI=1S/C16H19N5O4/c1-5-25-11-7-6-10(8-12(11)23-3)14-13(15(22)24-4)9(2)17-16-18-19-20-21(14)16/h6-8,14H,5H2,1-4H3,(H,17,18,20)/t14-/m1/s1. The Hall–Kier alpha value is -3.10. The molecule has 2 heterocycles. The average molecular weight is 345 g/mol. The first-order chi connectivity index (χ1) is 12.1. The molecule has 1 aromatic heterocycles. The number of fused-ring (bicyclic) bond motifs is 1. The van der Waals surface area contributed by atoms with E-state index in [1.54, 1.807) is 20.1 Å². The van der Waals surface area contributed by atoms with Crippen LogP contribution < -0.4 is 14.8 Å². The SMILES string of the molecule is CCOc1ccc([C@@H]2C(C(=O)OC)=C(C)Nc3nnnn32)cc1OC. The zero-order chi connectivity index (χ0) is 18.0. The number of methoxy groups -OCH3 is 2. The summed E-state index contributed by atoms with van der Waals surface area (Å²) >= 11 is 0. The Balaban J connectivity index is 2.14. The second-order valence-electron chi connectivity index (χ2n) is 5.35. The van der Waals surface area contributed by atoms with Crippen LogP contribution in [0.3, 0.4) is 0 Å². The quantitative estimate of drug-likeness (QED) is 0.815. The van der Waals surface area contributed by atoms with Crippen LogP contribution >= 0.6 is 0 Å². The maximum Gasteiger partial charge on any atom is 0.338 e. The van der Waals surface area contributed by atoms with Gasteiger partial charge in [0.2, 0.25) is 5.95 Å². The van der Waals surface area contributed by atoms with Gasteiger partial charge in [-0.15, -0.1) is 0 Å². The first-order valence-corrected chi connectivity index (χ1v) is 7.75. The Morgan fingerprint density at radius 2 is 2.12 bits per heavy atom. The van der Waals surface area contributed by atoms with E-state index < -0.39 is 12.0 Å². The number of esters is 1. The van der Waals surface area contributed by atoms with Crippen molar-refractivity contribution in [2.24, 2.45) is 0 Å². The summed E-state index contributed by atoms with van der Waals surface area (Å²) in [5.74, 6) is 1.18. The number of tetrazole rings is 1. The van der Waals surface area contributed by atoms with Gasteiger partial charge in [0.25, 0.3) is 0 Å². The van der Waals surface area contributed by atoms with Crippen molar-refractivity contribution < 1.29 is 19.0 Å². The maximum atomic E-state index is 12.4. The molecule has 0 unspecified atom stereocenters. The lowest BCUT2D eigenvalue weighted by atomic mass is 9.95. The molecule has 0 spiro atoms. The number of ether oxygens (including phenoxy) is 3. The minimum atomic E-state index is -0.539. The molecule has 1 atom stereocenters. The van der Waals surface area contributed by atoms with E-state index in [-0.39, 0.29) is 0 Å². The third kappa shape index (κ3) is 2.88. The molecule has 9 heteroatoms. The Bertz CT molecular complexity index is 830. The highest BCUT2D eigenvalue weighted by atomic mass is 16.5.